The van der Waals surface area contributed by atoms with E-state index in [0.717, 1.165) is 18.5 Å². The molecule has 0 heterocycles. The number of allylic oxidation sites excluding steroid dienone is 1. The molecule has 0 N–H and O–H groups in total. The average Bonchev–Trinajstić information content (AvgIpc) is 2.02. The highest BCUT2D eigenvalue weighted by atomic mass is 79.9. The molecule has 1 aliphatic carbocycles. The highest BCUT2D eigenvalue weighted by molar-refractivity contribution is 9.09. The Hall–Kier alpha value is 0.180. The average molecular weight is 233 g/mol. The minimum absolute atomic E-state index is 0.474. The molecule has 2 heteroatoms. The molecule has 0 bridgehead atoms. The van der Waals surface area contributed by atoms with Crippen LogP contribution in [-0.2, 0) is 4.74 Å². The van der Waals surface area contributed by atoms with Gasteiger partial charge in [0, 0.05) is 10.7 Å². The summed E-state index contributed by atoms with van der Waals surface area (Å²) in [6.07, 6.45) is 8.11. The highest BCUT2D eigenvalue weighted by Gasteiger charge is 2.35. The molecule has 0 radical (unpaired) electrons. The molecule has 1 nitrogen and oxygen atoms in total. The van der Waals surface area contributed by atoms with Gasteiger partial charge in [0.1, 0.15) is 0 Å². The van der Waals surface area contributed by atoms with Crippen LogP contribution in [0.3, 0.4) is 0 Å². The van der Waals surface area contributed by atoms with Gasteiger partial charge in [-0.2, -0.15) is 0 Å². The second-order valence-corrected chi connectivity index (χ2v) is 4.13. The van der Waals surface area contributed by atoms with Gasteiger partial charge in [-0.3, -0.25) is 0 Å². The molecule has 0 aliphatic heterocycles. The summed E-state index contributed by atoms with van der Waals surface area (Å²) in [7, 11) is 0. The van der Waals surface area contributed by atoms with Crippen molar-refractivity contribution in [1.29, 1.82) is 0 Å². The first-order valence-electron chi connectivity index (χ1n) is 4.58. The van der Waals surface area contributed by atoms with Crippen LogP contribution in [-0.4, -0.2) is 18.5 Å². The van der Waals surface area contributed by atoms with E-state index in [1.807, 2.05) is 13.0 Å². The third kappa shape index (κ3) is 2.60. The smallest absolute Gasteiger partial charge is 0.0647 e. The van der Waals surface area contributed by atoms with Gasteiger partial charge in [0.2, 0.25) is 0 Å². The Bertz CT molecular complexity index is 144. The van der Waals surface area contributed by atoms with Gasteiger partial charge < -0.3 is 4.74 Å². The van der Waals surface area contributed by atoms with Crippen molar-refractivity contribution in [3.8, 4) is 0 Å². The van der Waals surface area contributed by atoms with Gasteiger partial charge in [-0.05, 0) is 19.8 Å². The molecular formula is C10H17BrO. The van der Waals surface area contributed by atoms with E-state index in [1.54, 1.807) is 0 Å². The first-order valence-corrected chi connectivity index (χ1v) is 5.70. The van der Waals surface area contributed by atoms with Crippen molar-refractivity contribution in [1.82, 2.24) is 0 Å². The lowest BCUT2D eigenvalue weighted by Crippen LogP contribution is -2.36. The van der Waals surface area contributed by atoms with E-state index in [1.165, 1.54) is 19.3 Å². The molecule has 0 atom stereocenters. The van der Waals surface area contributed by atoms with Crippen molar-refractivity contribution >= 4 is 15.9 Å². The Kier molecular flexibility index (Phi) is 4.30. The highest BCUT2D eigenvalue weighted by Crippen LogP contribution is 2.42. The van der Waals surface area contributed by atoms with Gasteiger partial charge in [0.05, 0.1) is 13.2 Å². The fourth-order valence-electron chi connectivity index (χ4n) is 1.43. The van der Waals surface area contributed by atoms with Crippen LogP contribution in [0, 0.1) is 5.41 Å². The summed E-state index contributed by atoms with van der Waals surface area (Å²) in [6.45, 7) is 3.71. The third-order valence-electron chi connectivity index (χ3n) is 2.56. The Morgan fingerprint density at radius 1 is 1.50 bits per heavy atom. The quantitative estimate of drug-likeness (QED) is 0.402. The Labute approximate surface area is 83.3 Å². The zero-order valence-electron chi connectivity index (χ0n) is 7.68. The van der Waals surface area contributed by atoms with Gasteiger partial charge in [0.25, 0.3) is 0 Å². The van der Waals surface area contributed by atoms with E-state index in [0.29, 0.717) is 5.41 Å². The second-order valence-electron chi connectivity index (χ2n) is 3.57. The van der Waals surface area contributed by atoms with E-state index >= 15 is 0 Å². The normalized spacial score (nSPS) is 21.2. The van der Waals surface area contributed by atoms with Crippen molar-refractivity contribution in [3.05, 3.63) is 12.2 Å². The molecule has 0 aromatic heterocycles. The van der Waals surface area contributed by atoms with Crippen LogP contribution in [0.1, 0.15) is 26.2 Å². The SMILES string of the molecule is CC=CCOCC1(CBr)CCC1. The standard InChI is InChI=1S/C10H17BrO/c1-2-3-7-12-9-10(8-11)5-4-6-10/h2-3H,4-9H2,1H3. The van der Waals surface area contributed by atoms with Crippen LogP contribution in [0.5, 0.6) is 0 Å². The van der Waals surface area contributed by atoms with Crippen molar-refractivity contribution < 1.29 is 4.74 Å². The van der Waals surface area contributed by atoms with Crippen LogP contribution >= 0.6 is 15.9 Å². The maximum absolute atomic E-state index is 5.56. The third-order valence-corrected chi connectivity index (χ3v) is 3.75. The topological polar surface area (TPSA) is 9.23 Å². The monoisotopic (exact) mass is 232 g/mol. The summed E-state index contributed by atoms with van der Waals surface area (Å²) in [5.41, 5.74) is 0.474. The van der Waals surface area contributed by atoms with Gasteiger partial charge in [-0.25, -0.2) is 0 Å². The molecule has 0 spiro atoms. The first kappa shape index (κ1) is 10.3. The molecule has 0 saturated heterocycles. The molecule has 1 fully saturated rings. The van der Waals surface area contributed by atoms with Gasteiger partial charge in [-0.15, -0.1) is 0 Å². The van der Waals surface area contributed by atoms with Crippen molar-refractivity contribution in [2.75, 3.05) is 18.5 Å². The predicted molar refractivity (Wildman–Crippen MR) is 55.7 cm³/mol. The summed E-state index contributed by atoms with van der Waals surface area (Å²) < 4.78 is 5.56. The predicted octanol–water partition coefficient (Wildman–Crippen LogP) is 3.14. The first-order chi connectivity index (χ1) is 5.83. The van der Waals surface area contributed by atoms with E-state index in [-0.39, 0.29) is 0 Å². The molecule has 0 amide bonds. The summed E-state index contributed by atoms with van der Waals surface area (Å²) in [6, 6.07) is 0. The van der Waals surface area contributed by atoms with Crippen LogP contribution < -0.4 is 0 Å². The molecule has 70 valence electrons. The summed E-state index contributed by atoms with van der Waals surface area (Å²) in [4.78, 5) is 0. The summed E-state index contributed by atoms with van der Waals surface area (Å²) >= 11 is 3.55. The van der Waals surface area contributed by atoms with Crippen molar-refractivity contribution in [3.63, 3.8) is 0 Å². The lowest BCUT2D eigenvalue weighted by atomic mass is 9.71. The molecule has 12 heavy (non-hydrogen) atoms. The van der Waals surface area contributed by atoms with Crippen LogP contribution in [0.15, 0.2) is 12.2 Å². The largest absolute Gasteiger partial charge is 0.377 e. The minimum atomic E-state index is 0.474. The fraction of sp³-hybridized carbons (Fsp3) is 0.800. The lowest BCUT2D eigenvalue weighted by molar-refractivity contribution is 0.0228. The molecule has 0 aromatic carbocycles. The molecule has 1 aliphatic rings. The zero-order chi connectivity index (χ0) is 8.86. The maximum Gasteiger partial charge on any atom is 0.0647 e. The number of alkyl halides is 1. The fourth-order valence-corrected chi connectivity index (χ4v) is 2.16. The van der Waals surface area contributed by atoms with E-state index < -0.39 is 0 Å². The molecule has 1 rings (SSSR count). The maximum atomic E-state index is 5.56. The van der Waals surface area contributed by atoms with E-state index in [2.05, 4.69) is 22.0 Å². The Morgan fingerprint density at radius 3 is 2.67 bits per heavy atom. The molecule has 0 aromatic rings. The van der Waals surface area contributed by atoms with E-state index in [4.69, 9.17) is 4.74 Å². The number of rotatable bonds is 5. The van der Waals surface area contributed by atoms with Crippen molar-refractivity contribution in [2.45, 2.75) is 26.2 Å². The van der Waals surface area contributed by atoms with Gasteiger partial charge >= 0.3 is 0 Å². The summed E-state index contributed by atoms with van der Waals surface area (Å²) in [5.74, 6) is 0. The number of hydrogen-bond acceptors (Lipinski definition) is 1. The second kappa shape index (κ2) is 5.03. The number of hydrogen-bond donors (Lipinski definition) is 0. The van der Waals surface area contributed by atoms with Gasteiger partial charge in [0.15, 0.2) is 0 Å². The Morgan fingerprint density at radius 2 is 2.25 bits per heavy atom. The van der Waals surface area contributed by atoms with Crippen LogP contribution in [0.2, 0.25) is 0 Å². The Balaban J connectivity index is 2.12. The number of ether oxygens (including phenoxy) is 1. The van der Waals surface area contributed by atoms with E-state index in [9.17, 15) is 0 Å². The summed E-state index contributed by atoms with van der Waals surface area (Å²) in [5, 5.41) is 1.09. The minimum Gasteiger partial charge on any atom is -0.377 e. The number of halogens is 1. The molecule has 1 saturated carbocycles. The molecule has 0 unspecified atom stereocenters. The zero-order valence-corrected chi connectivity index (χ0v) is 9.27. The van der Waals surface area contributed by atoms with Crippen LogP contribution in [0.4, 0.5) is 0 Å². The van der Waals surface area contributed by atoms with Crippen molar-refractivity contribution in [2.24, 2.45) is 5.41 Å². The van der Waals surface area contributed by atoms with Crippen LogP contribution in [0.25, 0.3) is 0 Å². The lowest BCUT2D eigenvalue weighted by Gasteiger charge is -2.40. The van der Waals surface area contributed by atoms with Gasteiger partial charge in [-0.1, -0.05) is 34.5 Å². The molecular weight excluding hydrogens is 216 g/mol.